The molecule has 0 bridgehead atoms. The van der Waals surface area contributed by atoms with E-state index in [4.69, 9.17) is 9.47 Å². The monoisotopic (exact) mass is 539 g/mol. The van der Waals surface area contributed by atoms with E-state index in [-0.39, 0.29) is 18.4 Å². The largest absolute Gasteiger partial charge is 0.496 e. The molecule has 0 aliphatic carbocycles. The third kappa shape index (κ3) is 4.99. The van der Waals surface area contributed by atoms with Gasteiger partial charge in [-0.1, -0.05) is 34.1 Å². The lowest BCUT2D eigenvalue weighted by Crippen LogP contribution is -2.56. The molecule has 3 unspecified atom stereocenters. The first kappa shape index (κ1) is 25.0. The van der Waals surface area contributed by atoms with Crippen molar-refractivity contribution in [3.8, 4) is 11.5 Å². The normalized spacial score (nSPS) is 18.5. The van der Waals surface area contributed by atoms with E-state index in [0.29, 0.717) is 17.2 Å². The van der Waals surface area contributed by atoms with Crippen LogP contribution in [0.25, 0.3) is 10.8 Å². The summed E-state index contributed by atoms with van der Waals surface area (Å²) in [5.41, 5.74) is 2.55. The average Bonchev–Trinajstić information content (AvgIpc) is 2.93. The van der Waals surface area contributed by atoms with Crippen molar-refractivity contribution >= 4 is 44.2 Å². The molecular formula is C27H30BrN3O4. The summed E-state index contributed by atoms with van der Waals surface area (Å²) < 4.78 is 12.9. The van der Waals surface area contributed by atoms with Gasteiger partial charge >= 0.3 is 0 Å². The van der Waals surface area contributed by atoms with Crippen molar-refractivity contribution in [3.63, 3.8) is 0 Å². The highest BCUT2D eigenvalue weighted by atomic mass is 79.9. The number of hydrogen-bond donors (Lipinski definition) is 2. The number of hydrogen-bond acceptors (Lipinski definition) is 5. The van der Waals surface area contributed by atoms with Crippen LogP contribution in [0.2, 0.25) is 0 Å². The van der Waals surface area contributed by atoms with Crippen molar-refractivity contribution < 1.29 is 19.1 Å². The Morgan fingerprint density at radius 1 is 1.20 bits per heavy atom. The summed E-state index contributed by atoms with van der Waals surface area (Å²) in [5, 5.41) is 7.82. The van der Waals surface area contributed by atoms with Gasteiger partial charge < -0.3 is 25.0 Å². The minimum absolute atomic E-state index is 0.243. The fraction of sp³-hybridized carbons (Fsp3) is 0.333. The molecule has 0 saturated carbocycles. The van der Waals surface area contributed by atoms with Crippen molar-refractivity contribution in [2.75, 3.05) is 19.1 Å². The number of benzene rings is 3. The van der Waals surface area contributed by atoms with Gasteiger partial charge in [0.05, 0.1) is 25.4 Å². The Morgan fingerprint density at radius 2 is 1.97 bits per heavy atom. The zero-order valence-electron chi connectivity index (χ0n) is 20.5. The molecule has 2 N–H and O–H groups in total. The van der Waals surface area contributed by atoms with E-state index in [2.05, 4.69) is 26.6 Å². The van der Waals surface area contributed by atoms with Crippen LogP contribution < -0.4 is 25.0 Å². The average molecular weight is 540 g/mol. The predicted octanol–water partition coefficient (Wildman–Crippen LogP) is 4.33. The van der Waals surface area contributed by atoms with Crippen LogP contribution in [0.15, 0.2) is 53.0 Å². The zero-order chi connectivity index (χ0) is 25.3. The van der Waals surface area contributed by atoms with Gasteiger partial charge in [0, 0.05) is 10.0 Å². The van der Waals surface area contributed by atoms with Gasteiger partial charge in [0.25, 0.3) is 5.91 Å². The first-order valence-corrected chi connectivity index (χ1v) is 12.3. The molecular weight excluding hydrogens is 510 g/mol. The number of nitrogens with one attached hydrogen (secondary N) is 2. The summed E-state index contributed by atoms with van der Waals surface area (Å²) >= 11 is 3.54. The molecule has 3 aromatic carbocycles. The van der Waals surface area contributed by atoms with Crippen molar-refractivity contribution in [2.24, 2.45) is 0 Å². The molecule has 8 heteroatoms. The van der Waals surface area contributed by atoms with Crippen LogP contribution in [0.4, 0.5) is 5.69 Å². The second kappa shape index (κ2) is 10.3. The number of fused-ring (bicyclic) bond motifs is 2. The van der Waals surface area contributed by atoms with Crippen LogP contribution in [-0.4, -0.2) is 44.2 Å². The summed E-state index contributed by atoms with van der Waals surface area (Å²) in [5.74, 6) is 0.777. The van der Waals surface area contributed by atoms with Gasteiger partial charge in [-0.25, -0.2) is 0 Å². The first-order valence-electron chi connectivity index (χ1n) is 11.5. The van der Waals surface area contributed by atoms with E-state index in [1.54, 1.807) is 32.9 Å². The Bertz CT molecular complexity index is 1280. The van der Waals surface area contributed by atoms with Crippen LogP contribution in [0.1, 0.15) is 25.0 Å². The van der Waals surface area contributed by atoms with Gasteiger partial charge in [-0.2, -0.15) is 0 Å². The van der Waals surface area contributed by atoms with E-state index in [9.17, 15) is 9.59 Å². The van der Waals surface area contributed by atoms with Gasteiger partial charge in [0.1, 0.15) is 23.6 Å². The van der Waals surface area contributed by atoms with Gasteiger partial charge in [-0.3, -0.25) is 9.59 Å². The van der Waals surface area contributed by atoms with Gasteiger partial charge in [0.2, 0.25) is 5.91 Å². The maximum absolute atomic E-state index is 14.0. The molecule has 7 nitrogen and oxygen atoms in total. The van der Waals surface area contributed by atoms with Crippen LogP contribution in [0.3, 0.4) is 0 Å². The first-order chi connectivity index (χ1) is 16.7. The maximum atomic E-state index is 14.0. The molecule has 1 aliphatic rings. The highest BCUT2D eigenvalue weighted by molar-refractivity contribution is 9.10. The lowest BCUT2D eigenvalue weighted by atomic mass is 10.0. The second-order valence-corrected chi connectivity index (χ2v) is 9.74. The van der Waals surface area contributed by atoms with E-state index < -0.39 is 18.2 Å². The molecule has 0 spiro atoms. The molecule has 2 amide bonds. The van der Waals surface area contributed by atoms with Gasteiger partial charge in [-0.05, 0) is 74.5 Å². The summed E-state index contributed by atoms with van der Waals surface area (Å²) in [6, 6.07) is 14.4. The standard InChI is InChI=1S/C27H30BrN3O4/c1-15-6-10-22-24(12-15)35-17(3)25(30-26(32)16(2)29-4)27(33)31(22)14-21-20-9-8-19(28)13-18(20)7-11-23(21)34-5/h6-13,16-17,25,29H,14H2,1-5H3,(H,30,32). The van der Waals surface area contributed by atoms with Crippen LogP contribution in [0, 0.1) is 6.92 Å². The molecule has 0 saturated heterocycles. The Hall–Kier alpha value is -3.10. The van der Waals surface area contributed by atoms with Crippen molar-refractivity contribution in [1.29, 1.82) is 0 Å². The number of halogens is 1. The van der Waals surface area contributed by atoms with Crippen molar-refractivity contribution in [2.45, 2.75) is 45.5 Å². The maximum Gasteiger partial charge on any atom is 0.253 e. The third-order valence-corrected chi connectivity index (χ3v) is 6.92. The van der Waals surface area contributed by atoms with Crippen LogP contribution >= 0.6 is 15.9 Å². The second-order valence-electron chi connectivity index (χ2n) is 8.83. The Labute approximate surface area is 213 Å². The molecule has 4 rings (SSSR count). The number of ether oxygens (including phenoxy) is 2. The molecule has 0 radical (unpaired) electrons. The molecule has 1 heterocycles. The Morgan fingerprint density at radius 3 is 2.69 bits per heavy atom. The minimum atomic E-state index is -0.860. The molecule has 0 fully saturated rings. The smallest absolute Gasteiger partial charge is 0.253 e. The third-order valence-electron chi connectivity index (χ3n) is 6.43. The topological polar surface area (TPSA) is 79.9 Å². The summed E-state index contributed by atoms with van der Waals surface area (Å²) in [4.78, 5) is 28.4. The lowest BCUT2D eigenvalue weighted by Gasteiger charge is -2.28. The number of carbonyl (C=O) groups is 2. The van der Waals surface area contributed by atoms with Crippen LogP contribution in [0.5, 0.6) is 11.5 Å². The lowest BCUT2D eigenvalue weighted by molar-refractivity contribution is -0.130. The number of carbonyl (C=O) groups excluding carboxylic acids is 2. The summed E-state index contributed by atoms with van der Waals surface area (Å²) in [6.45, 7) is 5.78. The molecule has 3 atom stereocenters. The number of methoxy groups -OCH3 is 1. The number of amides is 2. The number of anilines is 1. The predicted molar refractivity (Wildman–Crippen MR) is 141 cm³/mol. The van der Waals surface area contributed by atoms with E-state index in [0.717, 1.165) is 26.4 Å². The fourth-order valence-electron chi connectivity index (χ4n) is 4.30. The van der Waals surface area contributed by atoms with Gasteiger partial charge in [0.15, 0.2) is 0 Å². The minimum Gasteiger partial charge on any atom is -0.496 e. The zero-order valence-corrected chi connectivity index (χ0v) is 22.1. The van der Waals surface area contributed by atoms with Crippen molar-refractivity contribution in [3.05, 3.63) is 64.1 Å². The number of likely N-dealkylation sites (N-methyl/N-ethyl adjacent to an activating group) is 1. The number of aryl methyl sites for hydroxylation is 1. The van der Waals surface area contributed by atoms with E-state index in [1.807, 2.05) is 55.5 Å². The van der Waals surface area contributed by atoms with Crippen molar-refractivity contribution in [1.82, 2.24) is 10.6 Å². The SMILES string of the molecule is CNC(C)C(=O)NC1C(=O)N(Cc2c(OC)ccc3cc(Br)ccc23)c2ccc(C)cc2OC1C. The Balaban J connectivity index is 1.83. The van der Waals surface area contributed by atoms with Gasteiger partial charge in [-0.15, -0.1) is 0 Å². The number of nitrogens with zero attached hydrogens (tertiary/aromatic N) is 1. The molecule has 3 aromatic rings. The highest BCUT2D eigenvalue weighted by Crippen LogP contribution is 2.38. The molecule has 35 heavy (non-hydrogen) atoms. The quantitative estimate of drug-likeness (QED) is 0.487. The summed E-state index contributed by atoms with van der Waals surface area (Å²) in [6.07, 6.45) is -0.563. The van der Waals surface area contributed by atoms with E-state index >= 15 is 0 Å². The Kier molecular flexibility index (Phi) is 7.33. The molecule has 0 aromatic heterocycles. The number of rotatable bonds is 6. The molecule has 184 valence electrons. The van der Waals surface area contributed by atoms with E-state index in [1.165, 1.54) is 0 Å². The van der Waals surface area contributed by atoms with Crippen LogP contribution in [-0.2, 0) is 16.1 Å². The highest BCUT2D eigenvalue weighted by Gasteiger charge is 2.38. The molecule has 1 aliphatic heterocycles. The summed E-state index contributed by atoms with van der Waals surface area (Å²) in [7, 11) is 3.33. The fourth-order valence-corrected chi connectivity index (χ4v) is 4.68.